The monoisotopic (exact) mass is 222 g/mol. The first-order valence-electron chi connectivity index (χ1n) is 7.05. The van der Waals surface area contributed by atoms with E-state index in [-0.39, 0.29) is 11.2 Å². The highest BCUT2D eigenvalue weighted by Gasteiger charge is 2.59. The summed E-state index contributed by atoms with van der Waals surface area (Å²) in [7, 11) is 0. The first kappa shape index (κ1) is 11.1. The molecule has 92 valence electrons. The van der Waals surface area contributed by atoms with Gasteiger partial charge >= 0.3 is 0 Å². The second-order valence-electron chi connectivity index (χ2n) is 7.66. The van der Waals surface area contributed by atoms with Crippen LogP contribution in [0.5, 0.6) is 0 Å². The number of rotatable bonds is 0. The molecule has 0 N–H and O–H groups in total. The van der Waals surface area contributed by atoms with Crippen molar-refractivity contribution in [2.75, 3.05) is 0 Å². The predicted molar refractivity (Wildman–Crippen MR) is 66.4 cm³/mol. The van der Waals surface area contributed by atoms with E-state index in [0.717, 1.165) is 11.8 Å². The predicted octanol–water partition coefficient (Wildman–Crippen LogP) is 4.16. The number of hydrogen-bond donors (Lipinski definition) is 0. The molecule has 1 aliphatic carbocycles. The lowest BCUT2D eigenvalue weighted by Crippen LogP contribution is -2.56. The zero-order valence-corrected chi connectivity index (χ0v) is 11.3. The third-order valence-electron chi connectivity index (χ3n) is 5.86. The van der Waals surface area contributed by atoms with Gasteiger partial charge in [0.2, 0.25) is 0 Å². The Hall–Kier alpha value is -0.0400. The number of fused-ring (bicyclic) bond motifs is 4. The van der Waals surface area contributed by atoms with Gasteiger partial charge in [0, 0.05) is 0 Å². The van der Waals surface area contributed by atoms with Gasteiger partial charge < -0.3 is 4.74 Å². The fourth-order valence-electron chi connectivity index (χ4n) is 4.85. The summed E-state index contributed by atoms with van der Waals surface area (Å²) in [6.07, 6.45) is 8.00. The van der Waals surface area contributed by atoms with Gasteiger partial charge in [-0.1, -0.05) is 13.8 Å². The molecule has 2 bridgehead atoms. The molecule has 2 saturated heterocycles. The van der Waals surface area contributed by atoms with Crippen LogP contribution in [-0.2, 0) is 4.74 Å². The zero-order valence-electron chi connectivity index (χ0n) is 11.3. The largest absolute Gasteiger partial charge is 0.369 e. The van der Waals surface area contributed by atoms with Crippen molar-refractivity contribution in [3.8, 4) is 0 Å². The fraction of sp³-hybridized carbons (Fsp3) is 1.00. The maximum Gasteiger partial charge on any atom is 0.0693 e. The van der Waals surface area contributed by atoms with E-state index >= 15 is 0 Å². The van der Waals surface area contributed by atoms with Gasteiger partial charge in [0.1, 0.15) is 0 Å². The second kappa shape index (κ2) is 3.04. The fourth-order valence-corrected chi connectivity index (χ4v) is 4.85. The van der Waals surface area contributed by atoms with E-state index in [9.17, 15) is 0 Å². The highest BCUT2D eigenvalue weighted by molar-refractivity contribution is 5.08. The molecule has 3 fully saturated rings. The van der Waals surface area contributed by atoms with E-state index in [4.69, 9.17) is 4.74 Å². The van der Waals surface area contributed by atoms with Crippen LogP contribution in [0.3, 0.4) is 0 Å². The van der Waals surface area contributed by atoms with Gasteiger partial charge in [-0.2, -0.15) is 0 Å². The van der Waals surface area contributed by atoms with Gasteiger partial charge in [-0.3, -0.25) is 0 Å². The number of hydrogen-bond acceptors (Lipinski definition) is 1. The minimum absolute atomic E-state index is 0.195. The molecule has 1 heteroatoms. The molecule has 0 unspecified atom stereocenters. The lowest BCUT2D eigenvalue weighted by atomic mass is 9.50. The van der Waals surface area contributed by atoms with E-state index in [1.165, 1.54) is 38.5 Å². The Morgan fingerprint density at radius 1 is 0.938 bits per heavy atom. The molecule has 0 radical (unpaired) electrons. The van der Waals surface area contributed by atoms with Crippen LogP contribution in [0.4, 0.5) is 0 Å². The average molecular weight is 222 g/mol. The summed E-state index contributed by atoms with van der Waals surface area (Å²) in [6.45, 7) is 9.65. The summed E-state index contributed by atoms with van der Waals surface area (Å²) < 4.78 is 6.55. The molecule has 1 nitrogen and oxygen atoms in total. The molecule has 0 amide bonds. The minimum Gasteiger partial charge on any atom is -0.369 e. The van der Waals surface area contributed by atoms with Gasteiger partial charge in [0.05, 0.1) is 11.2 Å². The second-order valence-corrected chi connectivity index (χ2v) is 7.66. The molecule has 3 rings (SSSR count). The van der Waals surface area contributed by atoms with Crippen molar-refractivity contribution in [2.24, 2.45) is 17.3 Å². The summed E-state index contributed by atoms with van der Waals surface area (Å²) in [5.74, 6) is 1.75. The maximum absolute atomic E-state index is 6.55. The van der Waals surface area contributed by atoms with Crippen LogP contribution in [0, 0.1) is 17.3 Å². The zero-order chi connectivity index (χ0) is 11.6. The van der Waals surface area contributed by atoms with Crippen molar-refractivity contribution in [1.29, 1.82) is 0 Å². The normalized spacial score (nSPS) is 54.8. The molecular weight excluding hydrogens is 196 g/mol. The lowest BCUT2D eigenvalue weighted by molar-refractivity contribution is -0.220. The Morgan fingerprint density at radius 2 is 1.69 bits per heavy atom. The van der Waals surface area contributed by atoms with Crippen molar-refractivity contribution in [2.45, 2.75) is 77.4 Å². The first-order chi connectivity index (χ1) is 7.35. The molecule has 4 atom stereocenters. The van der Waals surface area contributed by atoms with Crippen LogP contribution >= 0.6 is 0 Å². The molecule has 0 spiro atoms. The van der Waals surface area contributed by atoms with Crippen molar-refractivity contribution >= 4 is 0 Å². The van der Waals surface area contributed by atoms with Gasteiger partial charge in [0.25, 0.3) is 0 Å². The topological polar surface area (TPSA) is 9.23 Å². The van der Waals surface area contributed by atoms with E-state index in [1.807, 2.05) is 0 Å². The van der Waals surface area contributed by atoms with Crippen LogP contribution in [-0.4, -0.2) is 11.2 Å². The minimum atomic E-state index is 0.195. The summed E-state index contributed by atoms with van der Waals surface area (Å²) in [6, 6.07) is 0. The lowest BCUT2D eigenvalue weighted by Gasteiger charge is -2.58. The molecule has 2 aliphatic heterocycles. The van der Waals surface area contributed by atoms with Crippen LogP contribution in [0.1, 0.15) is 66.2 Å². The Kier molecular flexibility index (Phi) is 2.11. The van der Waals surface area contributed by atoms with Gasteiger partial charge in [-0.25, -0.2) is 0 Å². The molecule has 16 heavy (non-hydrogen) atoms. The Balaban J connectivity index is 1.92. The quantitative estimate of drug-likeness (QED) is 0.598. The van der Waals surface area contributed by atoms with Crippen LogP contribution in [0.15, 0.2) is 0 Å². The van der Waals surface area contributed by atoms with Crippen molar-refractivity contribution in [3.05, 3.63) is 0 Å². The first-order valence-corrected chi connectivity index (χ1v) is 7.05. The summed E-state index contributed by atoms with van der Waals surface area (Å²) >= 11 is 0. The highest BCUT2D eigenvalue weighted by Crippen LogP contribution is 2.62. The third-order valence-corrected chi connectivity index (χ3v) is 5.86. The van der Waals surface area contributed by atoms with Crippen LogP contribution in [0.2, 0.25) is 0 Å². The summed E-state index contributed by atoms with van der Waals surface area (Å²) in [5, 5.41) is 0. The summed E-state index contributed by atoms with van der Waals surface area (Å²) in [5.41, 5.74) is 0.967. The standard InChI is InChI=1S/C15H26O/c1-13(2)10-12-11(13)6-9-14(3)7-5-8-15(12,4)16-14/h11-12H,5-10H2,1-4H3/t11-,12-,14-,15-/m0/s1. The molecule has 3 aliphatic rings. The smallest absolute Gasteiger partial charge is 0.0693 e. The molecule has 1 saturated carbocycles. The van der Waals surface area contributed by atoms with Crippen molar-refractivity contribution in [1.82, 2.24) is 0 Å². The number of ether oxygens (including phenoxy) is 1. The van der Waals surface area contributed by atoms with Gasteiger partial charge in [0.15, 0.2) is 0 Å². The van der Waals surface area contributed by atoms with Crippen molar-refractivity contribution < 1.29 is 4.74 Å². The van der Waals surface area contributed by atoms with Crippen molar-refractivity contribution in [3.63, 3.8) is 0 Å². The molecular formula is C15H26O. The van der Waals surface area contributed by atoms with Crippen LogP contribution < -0.4 is 0 Å². The Morgan fingerprint density at radius 3 is 2.38 bits per heavy atom. The Bertz CT molecular complexity index is 309. The molecule has 0 aromatic rings. The highest BCUT2D eigenvalue weighted by atomic mass is 16.5. The molecule has 0 aromatic heterocycles. The molecule has 2 heterocycles. The van der Waals surface area contributed by atoms with E-state index in [2.05, 4.69) is 27.7 Å². The van der Waals surface area contributed by atoms with Crippen LogP contribution in [0.25, 0.3) is 0 Å². The van der Waals surface area contributed by atoms with E-state index < -0.39 is 0 Å². The van der Waals surface area contributed by atoms with E-state index in [0.29, 0.717) is 5.41 Å². The van der Waals surface area contributed by atoms with Gasteiger partial charge in [-0.15, -0.1) is 0 Å². The average Bonchev–Trinajstić information content (AvgIpc) is 2.19. The van der Waals surface area contributed by atoms with Gasteiger partial charge in [-0.05, 0) is 69.6 Å². The summed E-state index contributed by atoms with van der Waals surface area (Å²) in [4.78, 5) is 0. The third kappa shape index (κ3) is 1.40. The maximum atomic E-state index is 6.55. The Labute approximate surface area is 99.9 Å². The van der Waals surface area contributed by atoms with E-state index in [1.54, 1.807) is 0 Å². The molecule has 0 aromatic carbocycles. The SMILES string of the molecule is CC1(C)C[C@H]2[C@@H]1CC[C@]1(C)CCC[C@]2(C)O1.